The van der Waals surface area contributed by atoms with Crippen molar-refractivity contribution in [1.82, 2.24) is 5.32 Å². The van der Waals surface area contributed by atoms with Gasteiger partial charge in [0.15, 0.2) is 0 Å². The first-order valence-corrected chi connectivity index (χ1v) is 7.86. The van der Waals surface area contributed by atoms with Crippen molar-refractivity contribution in [2.24, 2.45) is 5.92 Å². The summed E-state index contributed by atoms with van der Waals surface area (Å²) in [6.45, 7) is 0. The summed E-state index contributed by atoms with van der Waals surface area (Å²) in [6.07, 6.45) is 6.35. The van der Waals surface area contributed by atoms with Crippen LogP contribution in [0.5, 0.6) is 0 Å². The molecule has 0 bridgehead atoms. The molecule has 1 amide bonds. The highest BCUT2D eigenvalue weighted by Crippen LogP contribution is 2.27. The van der Waals surface area contributed by atoms with E-state index in [0.29, 0.717) is 12.8 Å². The van der Waals surface area contributed by atoms with Gasteiger partial charge < -0.3 is 10.4 Å². The SMILES string of the molecule is O=C(O)C1CCC(NC(=O)C2CCCCS2)CC1. The first-order valence-electron chi connectivity index (χ1n) is 6.81. The van der Waals surface area contributed by atoms with Crippen molar-refractivity contribution < 1.29 is 14.7 Å². The van der Waals surface area contributed by atoms with Crippen molar-refractivity contribution in [3.8, 4) is 0 Å². The van der Waals surface area contributed by atoms with Gasteiger partial charge in [-0.3, -0.25) is 9.59 Å². The third kappa shape index (κ3) is 3.64. The molecule has 102 valence electrons. The molecule has 0 aromatic rings. The van der Waals surface area contributed by atoms with E-state index in [9.17, 15) is 9.59 Å². The highest BCUT2D eigenvalue weighted by molar-refractivity contribution is 8.00. The molecule has 1 saturated heterocycles. The Morgan fingerprint density at radius 1 is 1.06 bits per heavy atom. The average molecular weight is 271 g/mol. The summed E-state index contributed by atoms with van der Waals surface area (Å²) >= 11 is 1.76. The number of carbonyl (C=O) groups is 2. The lowest BCUT2D eigenvalue weighted by molar-refractivity contribution is -0.142. The molecule has 1 aliphatic heterocycles. The number of carboxylic acids is 1. The molecule has 18 heavy (non-hydrogen) atoms. The largest absolute Gasteiger partial charge is 0.481 e. The lowest BCUT2D eigenvalue weighted by Gasteiger charge is -2.29. The standard InChI is InChI=1S/C13H21NO3S/c15-12(11-3-1-2-8-18-11)14-10-6-4-9(5-7-10)13(16)17/h9-11H,1-8H2,(H,14,15)(H,16,17). The highest BCUT2D eigenvalue weighted by Gasteiger charge is 2.29. The molecule has 1 aliphatic carbocycles. The number of amides is 1. The number of hydrogen-bond donors (Lipinski definition) is 2. The Labute approximate surface area is 112 Å². The Balaban J connectivity index is 1.73. The zero-order valence-electron chi connectivity index (χ0n) is 10.6. The Morgan fingerprint density at radius 3 is 2.33 bits per heavy atom. The van der Waals surface area contributed by atoms with Crippen molar-refractivity contribution in [1.29, 1.82) is 0 Å². The first kappa shape index (κ1) is 13.7. The van der Waals surface area contributed by atoms with E-state index in [0.717, 1.165) is 31.4 Å². The average Bonchev–Trinajstić information content (AvgIpc) is 2.40. The van der Waals surface area contributed by atoms with E-state index in [4.69, 9.17) is 5.11 Å². The van der Waals surface area contributed by atoms with Gasteiger partial charge in [0.05, 0.1) is 11.2 Å². The van der Waals surface area contributed by atoms with Crippen LogP contribution in [-0.2, 0) is 9.59 Å². The Hall–Kier alpha value is -0.710. The van der Waals surface area contributed by atoms with Gasteiger partial charge in [0.2, 0.25) is 5.91 Å². The predicted molar refractivity (Wildman–Crippen MR) is 71.6 cm³/mol. The molecule has 2 N–H and O–H groups in total. The summed E-state index contributed by atoms with van der Waals surface area (Å²) in [5, 5.41) is 12.1. The second-order valence-corrected chi connectivity index (χ2v) is 6.56. The Bertz CT molecular complexity index is 307. The minimum absolute atomic E-state index is 0.121. The minimum Gasteiger partial charge on any atom is -0.481 e. The van der Waals surface area contributed by atoms with Crippen molar-refractivity contribution in [3.05, 3.63) is 0 Å². The number of thioether (sulfide) groups is 1. The van der Waals surface area contributed by atoms with Gasteiger partial charge in [-0.2, -0.15) is 0 Å². The van der Waals surface area contributed by atoms with Crippen LogP contribution in [0.1, 0.15) is 44.9 Å². The van der Waals surface area contributed by atoms with E-state index < -0.39 is 5.97 Å². The van der Waals surface area contributed by atoms with Crippen molar-refractivity contribution in [3.63, 3.8) is 0 Å². The van der Waals surface area contributed by atoms with Gasteiger partial charge in [-0.05, 0) is 44.3 Å². The summed E-state index contributed by atoms with van der Waals surface area (Å²) in [7, 11) is 0. The molecule has 2 fully saturated rings. The molecule has 0 aromatic carbocycles. The highest BCUT2D eigenvalue weighted by atomic mass is 32.2. The second-order valence-electron chi connectivity index (χ2n) is 5.25. The fraction of sp³-hybridized carbons (Fsp3) is 0.846. The molecule has 1 unspecified atom stereocenters. The zero-order chi connectivity index (χ0) is 13.0. The quantitative estimate of drug-likeness (QED) is 0.824. The minimum atomic E-state index is -0.692. The fourth-order valence-electron chi connectivity index (χ4n) is 2.73. The topological polar surface area (TPSA) is 66.4 Å². The van der Waals surface area contributed by atoms with Crippen LogP contribution >= 0.6 is 11.8 Å². The van der Waals surface area contributed by atoms with E-state index in [-0.39, 0.29) is 23.1 Å². The number of carboxylic acid groups (broad SMARTS) is 1. The van der Waals surface area contributed by atoms with Crippen LogP contribution in [0.15, 0.2) is 0 Å². The smallest absolute Gasteiger partial charge is 0.306 e. The molecule has 4 nitrogen and oxygen atoms in total. The van der Waals surface area contributed by atoms with Gasteiger partial charge >= 0.3 is 5.97 Å². The van der Waals surface area contributed by atoms with Crippen LogP contribution in [0, 0.1) is 5.92 Å². The third-order valence-electron chi connectivity index (χ3n) is 3.89. The van der Waals surface area contributed by atoms with Crippen molar-refractivity contribution in [2.75, 3.05) is 5.75 Å². The van der Waals surface area contributed by atoms with Crippen LogP contribution in [0.2, 0.25) is 0 Å². The van der Waals surface area contributed by atoms with Gasteiger partial charge in [0, 0.05) is 6.04 Å². The van der Waals surface area contributed by atoms with Crippen LogP contribution in [0.25, 0.3) is 0 Å². The zero-order valence-corrected chi connectivity index (χ0v) is 11.4. The van der Waals surface area contributed by atoms with Gasteiger partial charge in [-0.25, -0.2) is 0 Å². The molecule has 5 heteroatoms. The Morgan fingerprint density at radius 2 is 1.78 bits per heavy atom. The van der Waals surface area contributed by atoms with Gasteiger partial charge in [0.25, 0.3) is 0 Å². The monoisotopic (exact) mass is 271 g/mol. The number of nitrogens with one attached hydrogen (secondary N) is 1. The van der Waals surface area contributed by atoms with E-state index in [1.807, 2.05) is 0 Å². The van der Waals surface area contributed by atoms with E-state index in [1.165, 1.54) is 6.42 Å². The number of carbonyl (C=O) groups excluding carboxylic acids is 1. The molecular weight excluding hydrogens is 250 g/mol. The lowest BCUT2D eigenvalue weighted by Crippen LogP contribution is -2.43. The molecule has 0 radical (unpaired) electrons. The number of hydrogen-bond acceptors (Lipinski definition) is 3. The van der Waals surface area contributed by atoms with E-state index in [2.05, 4.69) is 5.32 Å². The molecule has 2 aliphatic rings. The summed E-state index contributed by atoms with van der Waals surface area (Å²) in [4.78, 5) is 22.9. The van der Waals surface area contributed by atoms with Crippen LogP contribution in [0.4, 0.5) is 0 Å². The molecular formula is C13H21NO3S. The first-order chi connectivity index (χ1) is 8.66. The van der Waals surface area contributed by atoms with Crippen molar-refractivity contribution in [2.45, 2.75) is 56.2 Å². The van der Waals surface area contributed by atoms with E-state index in [1.54, 1.807) is 11.8 Å². The molecule has 1 saturated carbocycles. The molecule has 0 aromatic heterocycles. The van der Waals surface area contributed by atoms with Crippen LogP contribution in [-0.4, -0.2) is 34.0 Å². The molecule has 1 atom stereocenters. The molecule has 1 heterocycles. The third-order valence-corrected chi connectivity index (χ3v) is 5.27. The lowest BCUT2D eigenvalue weighted by atomic mass is 9.86. The number of aliphatic carboxylic acids is 1. The summed E-state index contributed by atoms with van der Waals surface area (Å²) < 4.78 is 0. The molecule has 0 spiro atoms. The normalized spacial score (nSPS) is 32.8. The van der Waals surface area contributed by atoms with E-state index >= 15 is 0 Å². The van der Waals surface area contributed by atoms with Crippen LogP contribution < -0.4 is 5.32 Å². The fourth-order valence-corrected chi connectivity index (χ4v) is 3.93. The molecule has 2 rings (SSSR count). The summed E-state index contributed by atoms with van der Waals surface area (Å²) in [6, 6.07) is 0.190. The summed E-state index contributed by atoms with van der Waals surface area (Å²) in [5.41, 5.74) is 0. The van der Waals surface area contributed by atoms with Gasteiger partial charge in [0.1, 0.15) is 0 Å². The summed E-state index contributed by atoms with van der Waals surface area (Å²) in [5.74, 6) is 0.354. The van der Waals surface area contributed by atoms with Gasteiger partial charge in [-0.1, -0.05) is 6.42 Å². The maximum atomic E-state index is 12.0. The van der Waals surface area contributed by atoms with Gasteiger partial charge in [-0.15, -0.1) is 11.8 Å². The van der Waals surface area contributed by atoms with Crippen LogP contribution in [0.3, 0.4) is 0 Å². The Kier molecular flexibility index (Phi) is 4.92. The maximum Gasteiger partial charge on any atom is 0.306 e. The predicted octanol–water partition coefficient (Wildman–Crippen LogP) is 2.03. The maximum absolute atomic E-state index is 12.0. The second kappa shape index (κ2) is 6.45. The number of rotatable bonds is 3. The van der Waals surface area contributed by atoms with Crippen molar-refractivity contribution >= 4 is 23.6 Å².